The van der Waals surface area contributed by atoms with Crippen LogP contribution in [0.15, 0.2) is 96.0 Å². The lowest BCUT2D eigenvalue weighted by molar-refractivity contribution is -0.119. The predicted octanol–water partition coefficient (Wildman–Crippen LogP) is 7.04. The van der Waals surface area contributed by atoms with E-state index >= 15 is 0 Å². The fraction of sp³-hybridized carbons (Fsp3) is 0.263. The smallest absolute Gasteiger partial charge is 0.263 e. The number of sulfonamides is 1. The monoisotopic (exact) mass is 712 g/mol. The Hall–Kier alpha value is -5.69. The first-order valence-electron chi connectivity index (χ1n) is 16.0. The Morgan fingerprint density at radius 2 is 1.47 bits per heavy atom. The van der Waals surface area contributed by atoms with Gasteiger partial charge in [-0.15, -0.1) is 0 Å². The minimum atomic E-state index is -4.23. The predicted molar refractivity (Wildman–Crippen MR) is 193 cm³/mol. The molecule has 0 spiro atoms. The highest BCUT2D eigenvalue weighted by Crippen LogP contribution is 2.42. The molecule has 0 amide bonds. The number of carbonyl (C=O) groups is 1. The SMILES string of the molecule is COc1cc(OC)cc(-c2nc(NS(=O)(=O)c3ccc(C(C)(C)C)cc3)c(Oc3ccccc3OC)c(OCCC(=O)Cc3ccccn3)n2)c1. The highest BCUT2D eigenvalue weighted by molar-refractivity contribution is 7.92. The number of carbonyl (C=O) groups excluding carboxylic acids is 1. The maximum atomic E-state index is 13.9. The molecule has 0 unspecified atom stereocenters. The van der Waals surface area contributed by atoms with Crippen LogP contribution in [0.3, 0.4) is 0 Å². The van der Waals surface area contributed by atoms with Gasteiger partial charge >= 0.3 is 0 Å². The van der Waals surface area contributed by atoms with Crippen molar-refractivity contribution in [1.82, 2.24) is 15.0 Å². The lowest BCUT2D eigenvalue weighted by atomic mass is 9.87. The maximum Gasteiger partial charge on any atom is 0.263 e. The number of nitrogens with zero attached hydrogens (tertiary/aromatic N) is 3. The molecule has 1 N–H and O–H groups in total. The van der Waals surface area contributed by atoms with E-state index in [-0.39, 0.29) is 64.6 Å². The lowest BCUT2D eigenvalue weighted by Crippen LogP contribution is -2.17. The number of nitrogens with one attached hydrogen (secondary N) is 1. The van der Waals surface area contributed by atoms with Crippen LogP contribution in [0.2, 0.25) is 0 Å². The van der Waals surface area contributed by atoms with E-state index in [1.807, 2.05) is 26.8 Å². The van der Waals surface area contributed by atoms with Crippen molar-refractivity contribution in [3.8, 4) is 46.0 Å². The second kappa shape index (κ2) is 15.9. The number of pyridine rings is 1. The fourth-order valence-corrected chi connectivity index (χ4v) is 5.95. The van der Waals surface area contributed by atoms with Crippen LogP contribution >= 0.6 is 0 Å². The maximum absolute atomic E-state index is 13.9. The molecule has 2 heterocycles. The number of aromatic nitrogens is 3. The van der Waals surface area contributed by atoms with Crippen LogP contribution in [0.25, 0.3) is 11.4 Å². The molecular weight excluding hydrogens is 673 g/mol. The zero-order valence-corrected chi connectivity index (χ0v) is 30.1. The molecule has 266 valence electrons. The summed E-state index contributed by atoms with van der Waals surface area (Å²) in [6.45, 7) is 6.02. The number of para-hydroxylation sites is 2. The summed E-state index contributed by atoms with van der Waals surface area (Å²) in [5, 5.41) is 0. The number of ketones is 1. The second-order valence-electron chi connectivity index (χ2n) is 12.4. The van der Waals surface area contributed by atoms with Gasteiger partial charge in [-0.2, -0.15) is 4.98 Å². The molecule has 12 nitrogen and oxygen atoms in total. The van der Waals surface area contributed by atoms with Crippen LogP contribution < -0.4 is 28.4 Å². The standard InChI is InChI=1S/C38H40N4O8S/c1-38(2,3)26-14-16-31(17-15-26)51(44,45)42-36-34(50-33-13-8-7-12-32(33)48-6)37(49-20-18-28(43)23-27-11-9-10-19-39-27)41-35(40-36)25-21-29(46-4)24-30(22-25)47-5/h7-17,19,21-22,24H,18,20,23H2,1-6H3,(H,40,41,42). The van der Waals surface area contributed by atoms with E-state index in [1.54, 1.807) is 72.9 Å². The van der Waals surface area contributed by atoms with Gasteiger partial charge < -0.3 is 23.7 Å². The van der Waals surface area contributed by atoms with Gasteiger partial charge in [-0.1, -0.05) is 51.1 Å². The molecule has 0 saturated heterocycles. The quantitative estimate of drug-likeness (QED) is 0.119. The summed E-state index contributed by atoms with van der Waals surface area (Å²) >= 11 is 0. The summed E-state index contributed by atoms with van der Waals surface area (Å²) in [5.74, 6) is 0.957. The summed E-state index contributed by atoms with van der Waals surface area (Å²) in [4.78, 5) is 26.4. The van der Waals surface area contributed by atoms with E-state index in [0.717, 1.165) is 5.56 Å². The van der Waals surface area contributed by atoms with E-state index in [9.17, 15) is 13.2 Å². The van der Waals surface area contributed by atoms with Gasteiger partial charge in [-0.25, -0.2) is 13.4 Å². The summed E-state index contributed by atoms with van der Waals surface area (Å²) in [6.07, 6.45) is 1.75. The molecule has 0 radical (unpaired) electrons. The molecule has 0 aliphatic heterocycles. The fourth-order valence-electron chi connectivity index (χ4n) is 4.94. The van der Waals surface area contributed by atoms with Crippen molar-refractivity contribution in [3.05, 3.63) is 102 Å². The van der Waals surface area contributed by atoms with Gasteiger partial charge in [0.15, 0.2) is 23.1 Å². The van der Waals surface area contributed by atoms with Crippen molar-refractivity contribution in [1.29, 1.82) is 0 Å². The molecule has 0 saturated carbocycles. The first kappa shape index (κ1) is 36.6. The minimum absolute atomic E-state index is 0.00420. The Kier molecular flexibility index (Phi) is 11.4. The molecule has 0 atom stereocenters. The second-order valence-corrected chi connectivity index (χ2v) is 14.1. The van der Waals surface area contributed by atoms with Crippen LogP contribution in [0, 0.1) is 0 Å². The van der Waals surface area contributed by atoms with Crippen LogP contribution in [0.5, 0.6) is 34.6 Å². The van der Waals surface area contributed by atoms with Crippen molar-refractivity contribution in [2.75, 3.05) is 32.7 Å². The highest BCUT2D eigenvalue weighted by atomic mass is 32.2. The van der Waals surface area contributed by atoms with Crippen molar-refractivity contribution < 1.29 is 36.9 Å². The summed E-state index contributed by atoms with van der Waals surface area (Å²) in [5.41, 5.74) is 1.84. The zero-order valence-electron chi connectivity index (χ0n) is 29.3. The molecular formula is C38H40N4O8S. The third kappa shape index (κ3) is 9.31. The minimum Gasteiger partial charge on any atom is -0.497 e. The highest BCUT2D eigenvalue weighted by Gasteiger charge is 2.26. The molecule has 2 aromatic heterocycles. The van der Waals surface area contributed by atoms with Gasteiger partial charge in [0.25, 0.3) is 15.9 Å². The molecule has 0 fully saturated rings. The average molecular weight is 713 g/mol. The number of methoxy groups -OCH3 is 3. The van der Waals surface area contributed by atoms with Crippen molar-refractivity contribution in [2.45, 2.75) is 43.9 Å². The first-order chi connectivity index (χ1) is 24.4. The molecule has 5 aromatic rings. The number of Topliss-reactive ketones (excluding diaryl/α,β-unsaturated/α-hetero) is 1. The van der Waals surface area contributed by atoms with E-state index < -0.39 is 10.0 Å². The van der Waals surface area contributed by atoms with Gasteiger partial charge in [-0.3, -0.25) is 14.5 Å². The van der Waals surface area contributed by atoms with Crippen molar-refractivity contribution in [3.63, 3.8) is 0 Å². The van der Waals surface area contributed by atoms with Crippen LogP contribution in [-0.2, 0) is 26.7 Å². The molecule has 13 heteroatoms. The van der Waals surface area contributed by atoms with Crippen LogP contribution in [-0.4, -0.2) is 57.1 Å². The number of rotatable bonds is 15. The summed E-state index contributed by atoms with van der Waals surface area (Å²) < 4.78 is 59.3. The Bertz CT molecular complexity index is 2060. The van der Waals surface area contributed by atoms with Crippen LogP contribution in [0.4, 0.5) is 5.82 Å². The molecule has 0 aliphatic rings. The van der Waals surface area contributed by atoms with E-state index in [0.29, 0.717) is 28.5 Å². The van der Waals surface area contributed by atoms with Gasteiger partial charge in [-0.05, 0) is 59.5 Å². The lowest BCUT2D eigenvalue weighted by Gasteiger charge is -2.20. The normalized spacial score (nSPS) is 11.4. The van der Waals surface area contributed by atoms with Gasteiger partial charge in [0.2, 0.25) is 5.75 Å². The largest absolute Gasteiger partial charge is 0.497 e. The van der Waals surface area contributed by atoms with E-state index in [2.05, 4.69) is 19.7 Å². The first-order valence-corrected chi connectivity index (χ1v) is 17.5. The number of hydrogen-bond donors (Lipinski definition) is 1. The van der Waals surface area contributed by atoms with Gasteiger partial charge in [0.1, 0.15) is 17.3 Å². The Labute approximate surface area is 297 Å². The van der Waals surface area contributed by atoms with Crippen molar-refractivity contribution >= 4 is 21.6 Å². The number of anilines is 1. The number of ether oxygens (including phenoxy) is 5. The van der Waals surface area contributed by atoms with Gasteiger partial charge in [0.05, 0.1) is 32.8 Å². The third-order valence-electron chi connectivity index (χ3n) is 7.71. The molecule has 3 aromatic carbocycles. The Morgan fingerprint density at radius 3 is 2.08 bits per heavy atom. The summed E-state index contributed by atoms with van der Waals surface area (Å²) in [7, 11) is 0.255. The van der Waals surface area contributed by atoms with E-state index in [1.165, 1.54) is 33.5 Å². The zero-order chi connectivity index (χ0) is 36.6. The van der Waals surface area contributed by atoms with Gasteiger partial charge in [0, 0.05) is 36.4 Å². The Balaban J connectivity index is 1.61. The van der Waals surface area contributed by atoms with E-state index in [4.69, 9.17) is 23.7 Å². The topological polar surface area (TPSA) is 148 Å². The van der Waals surface area contributed by atoms with Crippen molar-refractivity contribution in [2.24, 2.45) is 0 Å². The third-order valence-corrected chi connectivity index (χ3v) is 9.07. The molecule has 0 aliphatic carbocycles. The molecule has 51 heavy (non-hydrogen) atoms. The number of benzene rings is 3. The molecule has 5 rings (SSSR count). The number of hydrogen-bond acceptors (Lipinski definition) is 11. The summed E-state index contributed by atoms with van der Waals surface area (Å²) in [6, 6.07) is 23.8. The van der Waals surface area contributed by atoms with Crippen LogP contribution in [0.1, 0.15) is 38.4 Å². The average Bonchev–Trinajstić information content (AvgIpc) is 3.12. The Morgan fingerprint density at radius 1 is 0.804 bits per heavy atom. The molecule has 0 bridgehead atoms.